The molecule has 0 aliphatic rings. The third-order valence-electron chi connectivity index (χ3n) is 4.29. The molecule has 1 unspecified atom stereocenters. The van der Waals surface area contributed by atoms with E-state index in [1.54, 1.807) is 24.3 Å². The van der Waals surface area contributed by atoms with Crippen molar-refractivity contribution in [2.24, 2.45) is 0 Å². The van der Waals surface area contributed by atoms with Crippen LogP contribution in [0.5, 0.6) is 5.75 Å². The molecule has 2 rings (SSSR count). The van der Waals surface area contributed by atoms with Gasteiger partial charge in [0.15, 0.2) is 0 Å². The van der Waals surface area contributed by atoms with Gasteiger partial charge in [-0.2, -0.15) is 0 Å². The van der Waals surface area contributed by atoms with E-state index in [2.05, 4.69) is 4.72 Å². The summed E-state index contributed by atoms with van der Waals surface area (Å²) in [5, 5.41) is 28.2. The van der Waals surface area contributed by atoms with Crippen LogP contribution in [0.2, 0.25) is 5.02 Å². The number of sulfonamides is 1. The Morgan fingerprint density at radius 2 is 1.74 bits per heavy atom. The zero-order chi connectivity index (χ0) is 22.9. The summed E-state index contributed by atoms with van der Waals surface area (Å²) in [6.07, 6.45) is -1.04. The molecule has 0 aliphatic heterocycles. The van der Waals surface area contributed by atoms with Crippen molar-refractivity contribution in [3.05, 3.63) is 59.1 Å². The zero-order valence-corrected chi connectivity index (χ0v) is 18.2. The van der Waals surface area contributed by atoms with Crippen LogP contribution in [-0.2, 0) is 21.2 Å². The number of ether oxygens (including phenoxy) is 1. The third-order valence-corrected chi connectivity index (χ3v) is 6.02. The smallest absolute Gasteiger partial charge is 0.360 e. The first kappa shape index (κ1) is 25.1. The van der Waals surface area contributed by atoms with E-state index in [-0.39, 0.29) is 43.5 Å². The molecule has 1 atom stereocenters. The van der Waals surface area contributed by atoms with Crippen molar-refractivity contribution in [1.29, 1.82) is 0 Å². The van der Waals surface area contributed by atoms with Gasteiger partial charge in [-0.05, 0) is 48.4 Å². The molecule has 0 fully saturated rings. The lowest BCUT2D eigenvalue weighted by molar-refractivity contribution is -0.155. The summed E-state index contributed by atoms with van der Waals surface area (Å²) >= 11 is 5.78. The van der Waals surface area contributed by atoms with Crippen LogP contribution < -0.4 is 9.46 Å². The lowest BCUT2D eigenvalue weighted by Gasteiger charge is -2.27. The molecule has 0 amide bonds. The molecule has 2 aromatic carbocycles. The van der Waals surface area contributed by atoms with Crippen LogP contribution in [0.25, 0.3) is 0 Å². The maximum absolute atomic E-state index is 12.3. The Hall–Kier alpha value is -2.21. The quantitative estimate of drug-likeness (QED) is 0.316. The lowest BCUT2D eigenvalue weighted by Crippen LogP contribution is -2.47. The van der Waals surface area contributed by atoms with E-state index < -0.39 is 22.2 Å². The SMILES string of the molecule is O=C(O)C(Oc1cccc(CCNS(=O)(=O)c2ccc(Cl)cc2)c1)N(CCO)CCO. The van der Waals surface area contributed by atoms with Crippen LogP contribution in [0, 0.1) is 0 Å². The molecule has 0 saturated heterocycles. The summed E-state index contributed by atoms with van der Waals surface area (Å²) in [4.78, 5) is 13.0. The number of hydrogen-bond acceptors (Lipinski definition) is 7. The fourth-order valence-electron chi connectivity index (χ4n) is 2.81. The Balaban J connectivity index is 2.02. The van der Waals surface area contributed by atoms with E-state index in [9.17, 15) is 18.3 Å². The van der Waals surface area contributed by atoms with Gasteiger partial charge in [-0.15, -0.1) is 0 Å². The Kier molecular flexibility index (Phi) is 9.69. The minimum absolute atomic E-state index is 0.0176. The van der Waals surface area contributed by atoms with Gasteiger partial charge in [0.25, 0.3) is 6.23 Å². The van der Waals surface area contributed by atoms with Gasteiger partial charge in [0.05, 0.1) is 18.1 Å². The maximum atomic E-state index is 12.3. The molecule has 0 aromatic heterocycles. The van der Waals surface area contributed by atoms with E-state index >= 15 is 0 Å². The van der Waals surface area contributed by atoms with Crippen LogP contribution in [0.3, 0.4) is 0 Å². The molecular formula is C20H25ClN2O7S. The van der Waals surface area contributed by atoms with Crippen LogP contribution in [0.4, 0.5) is 0 Å². The van der Waals surface area contributed by atoms with Crippen molar-refractivity contribution in [1.82, 2.24) is 9.62 Å². The second kappa shape index (κ2) is 12.0. The normalized spacial score (nSPS) is 12.6. The topological polar surface area (TPSA) is 136 Å². The Morgan fingerprint density at radius 3 is 2.32 bits per heavy atom. The van der Waals surface area contributed by atoms with Crippen molar-refractivity contribution < 1.29 is 33.3 Å². The van der Waals surface area contributed by atoms with Crippen LogP contribution in [-0.4, -0.2) is 73.7 Å². The van der Waals surface area contributed by atoms with Crippen LogP contribution in [0.1, 0.15) is 5.56 Å². The number of hydrogen-bond donors (Lipinski definition) is 4. The molecule has 31 heavy (non-hydrogen) atoms. The monoisotopic (exact) mass is 472 g/mol. The first-order chi connectivity index (χ1) is 14.8. The molecule has 0 radical (unpaired) electrons. The number of rotatable bonds is 13. The van der Waals surface area contributed by atoms with Crippen molar-refractivity contribution in [3.63, 3.8) is 0 Å². The Bertz CT molecular complexity index is 948. The van der Waals surface area contributed by atoms with Gasteiger partial charge >= 0.3 is 5.97 Å². The second-order valence-corrected chi connectivity index (χ2v) is 8.74. The van der Waals surface area contributed by atoms with E-state index in [0.717, 1.165) is 5.56 Å². The van der Waals surface area contributed by atoms with Gasteiger partial charge in [-0.25, -0.2) is 17.9 Å². The highest BCUT2D eigenvalue weighted by molar-refractivity contribution is 7.89. The number of aliphatic carboxylic acids is 1. The summed E-state index contributed by atoms with van der Waals surface area (Å²) in [7, 11) is -3.68. The predicted molar refractivity (Wildman–Crippen MR) is 115 cm³/mol. The van der Waals surface area contributed by atoms with E-state index in [1.165, 1.54) is 29.2 Å². The van der Waals surface area contributed by atoms with Crippen molar-refractivity contribution in [2.45, 2.75) is 17.5 Å². The van der Waals surface area contributed by atoms with Gasteiger partial charge in [0, 0.05) is 24.7 Å². The van der Waals surface area contributed by atoms with Gasteiger partial charge in [0.1, 0.15) is 5.75 Å². The number of carboxylic acids is 1. The summed E-state index contributed by atoms with van der Waals surface area (Å²) in [5.74, 6) is -0.991. The summed E-state index contributed by atoms with van der Waals surface area (Å²) in [6.45, 7) is -0.423. The summed E-state index contributed by atoms with van der Waals surface area (Å²) in [6, 6.07) is 12.4. The van der Waals surface area contributed by atoms with E-state index in [1.807, 2.05) is 0 Å². The number of carbonyl (C=O) groups is 1. The number of aliphatic hydroxyl groups excluding tert-OH is 2. The highest BCUT2D eigenvalue weighted by atomic mass is 35.5. The van der Waals surface area contributed by atoms with E-state index in [0.29, 0.717) is 11.4 Å². The number of halogens is 1. The zero-order valence-electron chi connectivity index (χ0n) is 16.6. The van der Waals surface area contributed by atoms with Crippen molar-refractivity contribution in [3.8, 4) is 5.75 Å². The third kappa shape index (κ3) is 7.76. The lowest BCUT2D eigenvalue weighted by atomic mass is 10.1. The molecule has 4 N–H and O–H groups in total. The first-order valence-electron chi connectivity index (χ1n) is 9.46. The molecule has 0 heterocycles. The maximum Gasteiger partial charge on any atom is 0.360 e. The summed E-state index contributed by atoms with van der Waals surface area (Å²) in [5.41, 5.74) is 0.733. The molecule has 2 aromatic rings. The van der Waals surface area contributed by atoms with Gasteiger partial charge in [0.2, 0.25) is 10.0 Å². The van der Waals surface area contributed by atoms with Crippen molar-refractivity contribution >= 4 is 27.6 Å². The standard InChI is InChI=1S/C20H25ClN2O7S/c21-16-4-6-18(7-5-16)31(28,29)22-9-8-15-2-1-3-17(14-15)30-19(20(26)27)23(10-12-24)11-13-25/h1-7,14,19,22,24-25H,8-13H2,(H,26,27). The Labute approximate surface area is 185 Å². The van der Waals surface area contributed by atoms with Crippen LogP contribution >= 0.6 is 11.6 Å². The average Bonchev–Trinajstić information content (AvgIpc) is 2.72. The van der Waals surface area contributed by atoms with Gasteiger partial charge in [-0.1, -0.05) is 23.7 Å². The fraction of sp³-hybridized carbons (Fsp3) is 0.350. The number of aliphatic hydroxyl groups is 2. The van der Waals surface area contributed by atoms with Gasteiger partial charge in [-0.3, -0.25) is 4.90 Å². The summed E-state index contributed by atoms with van der Waals surface area (Å²) < 4.78 is 32.7. The second-order valence-electron chi connectivity index (χ2n) is 6.54. The highest BCUT2D eigenvalue weighted by Gasteiger charge is 2.27. The van der Waals surface area contributed by atoms with E-state index in [4.69, 9.17) is 26.6 Å². The minimum Gasteiger partial charge on any atom is -0.477 e. The van der Waals surface area contributed by atoms with Gasteiger partial charge < -0.3 is 20.1 Å². The molecule has 170 valence electrons. The number of benzene rings is 2. The molecule has 0 saturated carbocycles. The number of nitrogens with zero attached hydrogens (tertiary/aromatic N) is 1. The average molecular weight is 473 g/mol. The predicted octanol–water partition coefficient (Wildman–Crippen LogP) is 0.937. The first-order valence-corrected chi connectivity index (χ1v) is 11.3. The van der Waals surface area contributed by atoms with Crippen LogP contribution in [0.15, 0.2) is 53.4 Å². The van der Waals surface area contributed by atoms with Crippen molar-refractivity contribution in [2.75, 3.05) is 32.8 Å². The molecule has 9 nitrogen and oxygen atoms in total. The molecular weight excluding hydrogens is 448 g/mol. The Morgan fingerprint density at radius 1 is 1.10 bits per heavy atom. The number of nitrogens with one attached hydrogen (secondary N) is 1. The molecule has 0 aliphatic carbocycles. The fourth-order valence-corrected chi connectivity index (χ4v) is 3.97. The largest absolute Gasteiger partial charge is 0.477 e. The molecule has 0 spiro atoms. The highest BCUT2D eigenvalue weighted by Crippen LogP contribution is 2.18. The molecule has 0 bridgehead atoms. The molecule has 11 heteroatoms. The minimum atomic E-state index is -3.68. The number of carboxylic acid groups (broad SMARTS) is 1.